The number of hydrogen-bond donors (Lipinski definition) is 0. The summed E-state index contributed by atoms with van der Waals surface area (Å²) in [6.45, 7) is 2.01. The molecule has 49 heavy (non-hydrogen) atoms. The Kier molecular flexibility index (Phi) is 7.33. The van der Waals surface area contributed by atoms with Gasteiger partial charge in [-0.05, 0) is 72.3 Å². The van der Waals surface area contributed by atoms with Crippen molar-refractivity contribution in [3.8, 4) is 0 Å². The Morgan fingerprint density at radius 2 is 1.27 bits per heavy atom. The molecule has 0 saturated carbocycles. The number of rotatable bonds is 8. The van der Waals surface area contributed by atoms with Crippen molar-refractivity contribution in [2.45, 2.75) is 37.1 Å². The second-order valence-electron chi connectivity index (χ2n) is 12.2. The number of unbranched alkanes of at least 4 members (excludes halogenated alkanes) is 1. The summed E-state index contributed by atoms with van der Waals surface area (Å²) < 4.78 is 0. The van der Waals surface area contributed by atoms with Crippen LogP contribution in [0, 0.1) is 0 Å². The first-order chi connectivity index (χ1) is 23.8. The molecule has 1 aromatic heterocycles. The van der Waals surface area contributed by atoms with Crippen molar-refractivity contribution < 1.29 is 28.8 Å². The third-order valence-electron chi connectivity index (χ3n) is 9.30. The van der Waals surface area contributed by atoms with Gasteiger partial charge in [0.1, 0.15) is 5.92 Å². The van der Waals surface area contributed by atoms with Crippen LogP contribution in [0.3, 0.4) is 0 Å². The fraction of sp³-hybridized carbons (Fsp3) is 0.154. The molecule has 9 nitrogen and oxygen atoms in total. The lowest BCUT2D eigenvalue weighted by molar-refractivity contribution is 0.0641. The third kappa shape index (κ3) is 4.74. The highest BCUT2D eigenvalue weighted by atomic mass is 32.2. The number of thioether (sulfide) groups is 1. The maximum atomic E-state index is 13.8. The Morgan fingerprint density at radius 1 is 0.653 bits per heavy atom. The topological polar surface area (TPSA) is 122 Å². The Morgan fingerprint density at radius 3 is 1.90 bits per heavy atom. The highest BCUT2D eigenvalue weighted by Gasteiger charge is 2.42. The number of carbonyl (C=O) groups excluding carboxylic acids is 6. The lowest BCUT2D eigenvalue weighted by Gasteiger charge is -2.21. The molecule has 0 N–H and O–H groups in total. The molecule has 3 aliphatic rings. The van der Waals surface area contributed by atoms with E-state index in [-0.39, 0.29) is 46.1 Å². The fourth-order valence-corrected chi connectivity index (χ4v) is 7.82. The molecule has 1 unspecified atom stereocenters. The third-order valence-corrected chi connectivity index (χ3v) is 10.4. The molecule has 0 spiro atoms. The van der Waals surface area contributed by atoms with Gasteiger partial charge in [-0.1, -0.05) is 49.7 Å². The molecule has 0 saturated heterocycles. The molecular formula is C39H27N3O6S. The van der Waals surface area contributed by atoms with Gasteiger partial charge in [0.2, 0.25) is 0 Å². The maximum Gasteiger partial charge on any atom is 0.266 e. The second-order valence-corrected chi connectivity index (χ2v) is 13.3. The van der Waals surface area contributed by atoms with Crippen LogP contribution in [0.5, 0.6) is 0 Å². The Bertz CT molecular complexity index is 2260. The van der Waals surface area contributed by atoms with E-state index in [0.717, 1.165) is 33.3 Å². The zero-order chi connectivity index (χ0) is 34.0. The zero-order valence-electron chi connectivity index (χ0n) is 26.3. The quantitative estimate of drug-likeness (QED) is 0.0761. The molecule has 0 fully saturated rings. The molecule has 8 rings (SSSR count). The average Bonchev–Trinajstić information content (AvgIpc) is 3.63. The van der Waals surface area contributed by atoms with Crippen LogP contribution in [-0.2, 0) is 6.54 Å². The van der Waals surface area contributed by atoms with Crippen LogP contribution in [0.1, 0.15) is 99.1 Å². The van der Waals surface area contributed by atoms with Gasteiger partial charge >= 0.3 is 0 Å². The van der Waals surface area contributed by atoms with Crippen LogP contribution in [-0.4, -0.2) is 50.8 Å². The molecular weight excluding hydrogens is 639 g/mol. The number of amides is 4. The van der Waals surface area contributed by atoms with Gasteiger partial charge in [0, 0.05) is 21.4 Å². The number of benzene rings is 4. The molecule has 10 heteroatoms. The van der Waals surface area contributed by atoms with E-state index in [1.54, 1.807) is 96.7 Å². The van der Waals surface area contributed by atoms with Crippen LogP contribution in [0.2, 0.25) is 0 Å². The largest absolute Gasteiger partial charge is 0.293 e. The van der Waals surface area contributed by atoms with E-state index in [1.807, 2.05) is 6.07 Å². The molecule has 240 valence electrons. The first-order valence-corrected chi connectivity index (χ1v) is 17.0. The molecule has 5 aromatic rings. The van der Waals surface area contributed by atoms with Crippen molar-refractivity contribution in [1.82, 2.24) is 9.88 Å². The number of Topliss-reactive ketones (excluding diaryl/α,β-unsaturated/α-hetero) is 2. The lowest BCUT2D eigenvalue weighted by atomic mass is 9.97. The van der Waals surface area contributed by atoms with E-state index in [0.29, 0.717) is 33.2 Å². The number of hydrogen-bond acceptors (Lipinski definition) is 8. The fourth-order valence-electron chi connectivity index (χ4n) is 6.78. The van der Waals surface area contributed by atoms with Crippen molar-refractivity contribution in [2.75, 3.05) is 10.7 Å². The van der Waals surface area contributed by atoms with E-state index >= 15 is 0 Å². The first kappa shape index (κ1) is 30.6. The van der Waals surface area contributed by atoms with Crippen molar-refractivity contribution in [2.24, 2.45) is 0 Å². The minimum absolute atomic E-state index is 0.0997. The number of imide groups is 2. The summed E-state index contributed by atoms with van der Waals surface area (Å²) in [6.07, 6.45) is 2.08. The summed E-state index contributed by atoms with van der Waals surface area (Å²) in [5.74, 6) is -2.98. The molecule has 4 amide bonds. The Hall–Kier alpha value is -5.74. The van der Waals surface area contributed by atoms with Gasteiger partial charge in [0.15, 0.2) is 11.6 Å². The van der Waals surface area contributed by atoms with E-state index in [1.165, 1.54) is 0 Å². The van der Waals surface area contributed by atoms with Crippen LogP contribution >= 0.6 is 11.8 Å². The van der Waals surface area contributed by atoms with Crippen LogP contribution < -0.4 is 4.90 Å². The summed E-state index contributed by atoms with van der Waals surface area (Å²) in [5.41, 5.74) is 2.85. The van der Waals surface area contributed by atoms with Gasteiger partial charge in [-0.15, -0.1) is 11.8 Å². The van der Waals surface area contributed by atoms with Crippen LogP contribution in [0.4, 0.5) is 5.69 Å². The highest BCUT2D eigenvalue weighted by molar-refractivity contribution is 7.99. The number of nitrogens with zero attached hydrogens (tertiary/aromatic N) is 3. The molecule has 2 aliphatic heterocycles. The summed E-state index contributed by atoms with van der Waals surface area (Å²) >= 11 is 1.63. The number of pyridine rings is 1. The second kappa shape index (κ2) is 11.7. The van der Waals surface area contributed by atoms with E-state index in [9.17, 15) is 28.8 Å². The summed E-state index contributed by atoms with van der Waals surface area (Å²) in [6, 6.07) is 24.9. The van der Waals surface area contributed by atoms with Gasteiger partial charge < -0.3 is 0 Å². The van der Waals surface area contributed by atoms with Gasteiger partial charge in [-0.25, -0.2) is 9.88 Å². The summed E-state index contributed by atoms with van der Waals surface area (Å²) in [7, 11) is 0. The molecule has 0 bridgehead atoms. The molecule has 4 aromatic carbocycles. The van der Waals surface area contributed by atoms with Crippen molar-refractivity contribution >= 4 is 63.5 Å². The molecule has 1 aliphatic carbocycles. The van der Waals surface area contributed by atoms with E-state index in [2.05, 4.69) is 6.92 Å². The van der Waals surface area contributed by atoms with Gasteiger partial charge in [-0.2, -0.15) is 0 Å². The monoisotopic (exact) mass is 665 g/mol. The number of anilines is 1. The smallest absolute Gasteiger partial charge is 0.266 e. The zero-order valence-corrected chi connectivity index (χ0v) is 27.1. The Labute approximate surface area is 284 Å². The highest BCUT2D eigenvalue weighted by Crippen LogP contribution is 2.40. The maximum absolute atomic E-state index is 13.8. The number of fused-ring (bicyclic) bond motifs is 4. The predicted molar refractivity (Wildman–Crippen MR) is 183 cm³/mol. The van der Waals surface area contributed by atoms with Crippen LogP contribution in [0.15, 0.2) is 95.9 Å². The van der Waals surface area contributed by atoms with Gasteiger partial charge in [0.25, 0.3) is 23.6 Å². The van der Waals surface area contributed by atoms with Gasteiger partial charge in [0.05, 0.1) is 45.7 Å². The van der Waals surface area contributed by atoms with Crippen molar-refractivity contribution in [3.63, 3.8) is 0 Å². The standard InChI is InChI=1S/C39H27N3O6S/c1-2-3-18-49-22-13-14-24-29(19-22)35(44)32(34(24)43)30-16-15-23-21(20-41-36(45)25-8-4-5-9-26(25)37(41)46)12-17-31(33(23)40-30)42-38(47)27-10-6-7-11-28(27)39(42)48/h4-17,19,32H,2-3,18,20H2,1H3. The predicted octanol–water partition coefficient (Wildman–Crippen LogP) is 6.89. The molecule has 3 heterocycles. The van der Waals surface area contributed by atoms with Crippen molar-refractivity contribution in [3.05, 3.63) is 136 Å². The lowest BCUT2D eigenvalue weighted by Crippen LogP contribution is -2.31. The normalized spacial score (nSPS) is 16.6. The van der Waals surface area contributed by atoms with Crippen molar-refractivity contribution in [1.29, 1.82) is 0 Å². The van der Waals surface area contributed by atoms with E-state index in [4.69, 9.17) is 4.98 Å². The minimum atomic E-state index is -1.20. The average molecular weight is 666 g/mol. The van der Waals surface area contributed by atoms with E-state index < -0.39 is 29.5 Å². The van der Waals surface area contributed by atoms with Gasteiger partial charge in [-0.3, -0.25) is 33.7 Å². The molecule has 0 radical (unpaired) electrons. The summed E-state index contributed by atoms with van der Waals surface area (Å²) in [4.78, 5) is 89.2. The number of aromatic nitrogens is 1. The Balaban J connectivity index is 1.22. The number of carbonyl (C=O) groups is 6. The summed E-state index contributed by atoms with van der Waals surface area (Å²) in [5, 5.41) is 0.458. The number of ketones is 2. The van der Waals surface area contributed by atoms with Crippen LogP contribution in [0.25, 0.3) is 10.9 Å². The SMILES string of the molecule is CCCCSc1ccc2c(c1)C(=O)C(c1ccc3c(CN4C(=O)c5ccccc5C4=O)ccc(N4C(=O)c5ccccc5C4=O)c3n1)C2=O. The minimum Gasteiger partial charge on any atom is -0.293 e. The first-order valence-electron chi connectivity index (χ1n) is 16.0. The molecule has 1 atom stereocenters.